The van der Waals surface area contributed by atoms with Crippen LogP contribution in [-0.2, 0) is 4.79 Å². The molecule has 1 saturated heterocycles. The van der Waals surface area contributed by atoms with Crippen LogP contribution >= 0.6 is 0 Å². The van der Waals surface area contributed by atoms with Crippen LogP contribution in [0.5, 0.6) is 11.5 Å². The van der Waals surface area contributed by atoms with Crippen molar-refractivity contribution in [2.24, 2.45) is 0 Å². The van der Waals surface area contributed by atoms with Crippen molar-refractivity contribution in [2.75, 3.05) is 25.7 Å². The number of hydrogen-bond donors (Lipinski definition) is 2. The van der Waals surface area contributed by atoms with Crippen molar-refractivity contribution in [2.45, 2.75) is 38.8 Å². The van der Waals surface area contributed by atoms with Gasteiger partial charge in [-0.25, -0.2) is 4.79 Å². The molecule has 1 aromatic carbocycles. The summed E-state index contributed by atoms with van der Waals surface area (Å²) in [5, 5.41) is 5.70. The standard InChI is InChI=1S/C17H25N3O4/c1-5-11(2)18-17(22)19-12-8-16(21)20(10-12)13-6-7-14(23-3)15(9-13)24-4/h6-7,9,11-12H,5,8,10H2,1-4H3,(H2,18,19,22)/t11-,12-/m0/s1. The molecule has 1 aromatic rings. The molecule has 24 heavy (non-hydrogen) atoms. The lowest BCUT2D eigenvalue weighted by molar-refractivity contribution is -0.117. The number of benzene rings is 1. The van der Waals surface area contributed by atoms with E-state index < -0.39 is 0 Å². The van der Waals surface area contributed by atoms with Crippen molar-refractivity contribution in [3.05, 3.63) is 18.2 Å². The molecule has 132 valence electrons. The highest BCUT2D eigenvalue weighted by atomic mass is 16.5. The minimum Gasteiger partial charge on any atom is -0.493 e. The summed E-state index contributed by atoms with van der Waals surface area (Å²) in [7, 11) is 3.12. The van der Waals surface area contributed by atoms with E-state index in [4.69, 9.17) is 9.47 Å². The normalized spacial score (nSPS) is 18.2. The summed E-state index contributed by atoms with van der Waals surface area (Å²) in [6, 6.07) is 4.98. The first-order valence-corrected chi connectivity index (χ1v) is 8.07. The van der Waals surface area contributed by atoms with Gasteiger partial charge in [-0.3, -0.25) is 4.79 Å². The Labute approximate surface area is 142 Å². The van der Waals surface area contributed by atoms with Gasteiger partial charge in [0.05, 0.1) is 20.3 Å². The number of urea groups is 1. The summed E-state index contributed by atoms with van der Waals surface area (Å²) in [6.07, 6.45) is 1.14. The van der Waals surface area contributed by atoms with Crippen LogP contribution < -0.4 is 25.0 Å². The summed E-state index contributed by atoms with van der Waals surface area (Å²) in [5.41, 5.74) is 0.726. The van der Waals surface area contributed by atoms with E-state index in [-0.39, 0.29) is 30.4 Å². The van der Waals surface area contributed by atoms with E-state index in [1.54, 1.807) is 37.3 Å². The summed E-state index contributed by atoms with van der Waals surface area (Å²) in [5.74, 6) is 1.14. The number of methoxy groups -OCH3 is 2. The van der Waals surface area contributed by atoms with Crippen LogP contribution in [-0.4, -0.2) is 44.8 Å². The fourth-order valence-corrected chi connectivity index (χ4v) is 2.60. The van der Waals surface area contributed by atoms with E-state index in [0.717, 1.165) is 12.1 Å². The molecule has 1 fully saturated rings. The molecule has 2 rings (SSSR count). The maximum atomic E-state index is 12.3. The molecule has 0 saturated carbocycles. The van der Waals surface area contributed by atoms with E-state index in [1.807, 2.05) is 13.8 Å². The van der Waals surface area contributed by atoms with Gasteiger partial charge in [-0.2, -0.15) is 0 Å². The van der Waals surface area contributed by atoms with Crippen molar-refractivity contribution < 1.29 is 19.1 Å². The Kier molecular flexibility index (Phi) is 5.89. The third-order valence-electron chi connectivity index (χ3n) is 4.13. The summed E-state index contributed by atoms with van der Waals surface area (Å²) in [4.78, 5) is 25.8. The number of carbonyl (C=O) groups is 2. The fraction of sp³-hybridized carbons (Fsp3) is 0.529. The molecular weight excluding hydrogens is 310 g/mol. The van der Waals surface area contributed by atoms with Crippen molar-refractivity contribution in [1.29, 1.82) is 0 Å². The number of amides is 3. The highest BCUT2D eigenvalue weighted by molar-refractivity contribution is 5.97. The van der Waals surface area contributed by atoms with Crippen LogP contribution in [0.1, 0.15) is 26.7 Å². The number of nitrogens with zero attached hydrogens (tertiary/aromatic N) is 1. The third-order valence-corrected chi connectivity index (χ3v) is 4.13. The largest absolute Gasteiger partial charge is 0.493 e. The molecular formula is C17H25N3O4. The SMILES string of the molecule is CC[C@H](C)NC(=O)N[C@H]1CC(=O)N(c2ccc(OC)c(OC)c2)C1. The van der Waals surface area contributed by atoms with Crippen molar-refractivity contribution in [1.82, 2.24) is 10.6 Å². The molecule has 0 aliphatic carbocycles. The fourth-order valence-electron chi connectivity index (χ4n) is 2.60. The van der Waals surface area contributed by atoms with Gasteiger partial charge in [0.1, 0.15) is 0 Å². The van der Waals surface area contributed by atoms with Gasteiger partial charge in [-0.15, -0.1) is 0 Å². The maximum Gasteiger partial charge on any atom is 0.315 e. The van der Waals surface area contributed by atoms with E-state index in [9.17, 15) is 9.59 Å². The number of anilines is 1. The van der Waals surface area contributed by atoms with Gasteiger partial charge in [0, 0.05) is 30.8 Å². The second-order valence-corrected chi connectivity index (χ2v) is 5.87. The lowest BCUT2D eigenvalue weighted by Gasteiger charge is -2.19. The molecule has 1 aliphatic rings. The molecule has 7 heteroatoms. The molecule has 0 aromatic heterocycles. The predicted molar refractivity (Wildman–Crippen MR) is 91.7 cm³/mol. The topological polar surface area (TPSA) is 79.9 Å². The maximum absolute atomic E-state index is 12.3. The van der Waals surface area contributed by atoms with Crippen LogP contribution in [0.3, 0.4) is 0 Å². The minimum atomic E-state index is -0.240. The van der Waals surface area contributed by atoms with Gasteiger partial charge in [-0.1, -0.05) is 6.92 Å². The van der Waals surface area contributed by atoms with E-state index in [0.29, 0.717) is 18.0 Å². The Hall–Kier alpha value is -2.44. The highest BCUT2D eigenvalue weighted by Gasteiger charge is 2.32. The van der Waals surface area contributed by atoms with Gasteiger partial charge in [0.15, 0.2) is 11.5 Å². The van der Waals surface area contributed by atoms with E-state index in [1.165, 1.54) is 0 Å². The van der Waals surface area contributed by atoms with Crippen LogP contribution in [0, 0.1) is 0 Å². The Balaban J connectivity index is 2.03. The monoisotopic (exact) mass is 335 g/mol. The number of ether oxygens (including phenoxy) is 2. The molecule has 3 amide bonds. The lowest BCUT2D eigenvalue weighted by atomic mass is 10.2. The zero-order chi connectivity index (χ0) is 17.7. The zero-order valence-electron chi connectivity index (χ0n) is 14.6. The van der Waals surface area contributed by atoms with Crippen molar-refractivity contribution in [3.8, 4) is 11.5 Å². The first-order valence-electron chi connectivity index (χ1n) is 8.07. The second-order valence-electron chi connectivity index (χ2n) is 5.87. The van der Waals surface area contributed by atoms with E-state index >= 15 is 0 Å². The average Bonchev–Trinajstić information content (AvgIpc) is 2.93. The number of hydrogen-bond acceptors (Lipinski definition) is 4. The molecule has 0 bridgehead atoms. The molecule has 0 spiro atoms. The van der Waals surface area contributed by atoms with Crippen LogP contribution in [0.15, 0.2) is 18.2 Å². The molecule has 2 N–H and O–H groups in total. The van der Waals surface area contributed by atoms with Gasteiger partial charge >= 0.3 is 6.03 Å². The minimum absolute atomic E-state index is 0.0314. The van der Waals surface area contributed by atoms with Crippen LogP contribution in [0.2, 0.25) is 0 Å². The summed E-state index contributed by atoms with van der Waals surface area (Å²) >= 11 is 0. The number of rotatable bonds is 6. The average molecular weight is 335 g/mol. The van der Waals surface area contributed by atoms with Gasteiger partial charge in [-0.05, 0) is 25.5 Å². The smallest absolute Gasteiger partial charge is 0.315 e. The van der Waals surface area contributed by atoms with Crippen LogP contribution in [0.4, 0.5) is 10.5 Å². The predicted octanol–water partition coefficient (Wildman–Crippen LogP) is 1.91. The summed E-state index contributed by atoms with van der Waals surface area (Å²) in [6.45, 7) is 4.38. The summed E-state index contributed by atoms with van der Waals surface area (Å²) < 4.78 is 10.5. The third kappa shape index (κ3) is 4.10. The first-order chi connectivity index (χ1) is 11.5. The first kappa shape index (κ1) is 17.9. The quantitative estimate of drug-likeness (QED) is 0.832. The Morgan fingerprint density at radius 1 is 1.33 bits per heavy atom. The molecule has 1 heterocycles. The van der Waals surface area contributed by atoms with Gasteiger partial charge < -0.3 is 25.0 Å². The second kappa shape index (κ2) is 7.90. The Bertz CT molecular complexity index is 605. The number of carbonyl (C=O) groups excluding carboxylic acids is 2. The van der Waals surface area contributed by atoms with Crippen LogP contribution in [0.25, 0.3) is 0 Å². The lowest BCUT2D eigenvalue weighted by Crippen LogP contribution is -2.46. The molecule has 1 aliphatic heterocycles. The molecule has 2 atom stereocenters. The van der Waals surface area contributed by atoms with Crippen molar-refractivity contribution in [3.63, 3.8) is 0 Å². The number of nitrogens with one attached hydrogen (secondary N) is 2. The Morgan fingerprint density at radius 3 is 2.67 bits per heavy atom. The Morgan fingerprint density at radius 2 is 2.04 bits per heavy atom. The zero-order valence-corrected chi connectivity index (χ0v) is 14.6. The van der Waals surface area contributed by atoms with E-state index in [2.05, 4.69) is 10.6 Å². The molecule has 7 nitrogen and oxygen atoms in total. The van der Waals surface area contributed by atoms with Gasteiger partial charge in [0.25, 0.3) is 0 Å². The molecule has 0 radical (unpaired) electrons. The molecule has 0 unspecified atom stereocenters. The highest BCUT2D eigenvalue weighted by Crippen LogP contribution is 2.33. The van der Waals surface area contributed by atoms with Gasteiger partial charge in [0.2, 0.25) is 5.91 Å². The van der Waals surface area contributed by atoms with Crippen molar-refractivity contribution >= 4 is 17.6 Å².